The van der Waals surface area contributed by atoms with Crippen LogP contribution < -0.4 is 11.1 Å². The number of nitriles is 1. The van der Waals surface area contributed by atoms with E-state index in [0.29, 0.717) is 11.5 Å². The first-order valence-corrected chi connectivity index (χ1v) is 6.83. The van der Waals surface area contributed by atoms with Crippen LogP contribution in [0.3, 0.4) is 0 Å². The lowest BCUT2D eigenvalue weighted by Gasteiger charge is -2.46. The summed E-state index contributed by atoms with van der Waals surface area (Å²) in [6, 6.07) is 8.07. The van der Waals surface area contributed by atoms with Crippen LogP contribution >= 0.6 is 15.9 Å². The second kappa shape index (κ2) is 4.54. The van der Waals surface area contributed by atoms with Gasteiger partial charge in [-0.15, -0.1) is 0 Å². The van der Waals surface area contributed by atoms with E-state index < -0.39 is 0 Å². The van der Waals surface area contributed by atoms with Crippen molar-refractivity contribution in [1.29, 1.82) is 5.26 Å². The van der Waals surface area contributed by atoms with E-state index in [0.717, 1.165) is 23.2 Å². The van der Waals surface area contributed by atoms with Crippen molar-refractivity contribution in [2.24, 2.45) is 11.7 Å². The van der Waals surface area contributed by atoms with E-state index in [9.17, 15) is 0 Å². The summed E-state index contributed by atoms with van der Waals surface area (Å²) in [5.74, 6) is 0.504. The number of ether oxygens (including phenoxy) is 1. The Balaban J connectivity index is 1.74. The number of nitrogens with zero attached hydrogens (tertiary/aromatic N) is 1. The highest BCUT2D eigenvalue weighted by molar-refractivity contribution is 9.10. The fraction of sp³-hybridized carbons (Fsp3) is 0.462. The van der Waals surface area contributed by atoms with Crippen LogP contribution in [0.5, 0.6) is 0 Å². The molecule has 1 saturated heterocycles. The third-order valence-electron chi connectivity index (χ3n) is 3.87. The zero-order valence-corrected chi connectivity index (χ0v) is 11.4. The molecule has 1 aliphatic heterocycles. The van der Waals surface area contributed by atoms with Crippen molar-refractivity contribution in [2.75, 3.05) is 11.9 Å². The second-order valence-electron chi connectivity index (χ2n) is 4.84. The van der Waals surface area contributed by atoms with Crippen LogP contribution in [0, 0.1) is 17.2 Å². The van der Waals surface area contributed by atoms with E-state index in [4.69, 9.17) is 15.7 Å². The van der Waals surface area contributed by atoms with Crippen molar-refractivity contribution in [1.82, 2.24) is 0 Å². The zero-order valence-electron chi connectivity index (χ0n) is 9.77. The van der Waals surface area contributed by atoms with E-state index in [1.807, 2.05) is 12.1 Å². The molecule has 1 saturated carbocycles. The maximum absolute atomic E-state index is 8.87. The van der Waals surface area contributed by atoms with E-state index in [2.05, 4.69) is 27.3 Å². The Morgan fingerprint density at radius 2 is 2.33 bits per heavy atom. The molecule has 4 nitrogen and oxygen atoms in total. The molecule has 2 fully saturated rings. The summed E-state index contributed by atoms with van der Waals surface area (Å²) in [7, 11) is 0. The molecular formula is C13H14BrN3O. The minimum atomic E-state index is 0.159. The molecule has 1 heterocycles. The average molecular weight is 308 g/mol. The summed E-state index contributed by atoms with van der Waals surface area (Å²) < 4.78 is 6.47. The van der Waals surface area contributed by atoms with Gasteiger partial charge in [0.25, 0.3) is 0 Å². The molecule has 2 aliphatic rings. The van der Waals surface area contributed by atoms with Crippen molar-refractivity contribution in [3.05, 3.63) is 28.2 Å². The number of hydrogen-bond acceptors (Lipinski definition) is 4. The fourth-order valence-corrected chi connectivity index (χ4v) is 3.28. The first-order valence-electron chi connectivity index (χ1n) is 6.04. The molecule has 4 atom stereocenters. The lowest BCUT2D eigenvalue weighted by molar-refractivity contribution is 0.00537. The number of fused-ring (bicyclic) bond motifs is 1. The van der Waals surface area contributed by atoms with Crippen LogP contribution in [-0.4, -0.2) is 24.8 Å². The molecule has 0 spiro atoms. The molecule has 0 bridgehead atoms. The quantitative estimate of drug-likeness (QED) is 0.874. The topological polar surface area (TPSA) is 71.1 Å². The molecule has 1 aromatic rings. The zero-order chi connectivity index (χ0) is 12.7. The first-order chi connectivity index (χ1) is 8.70. The minimum Gasteiger partial charge on any atom is -0.378 e. The van der Waals surface area contributed by atoms with Gasteiger partial charge < -0.3 is 15.8 Å². The number of anilines is 1. The molecule has 1 aromatic carbocycles. The summed E-state index contributed by atoms with van der Waals surface area (Å²) in [5, 5.41) is 12.3. The number of nitrogens with one attached hydrogen (secondary N) is 1. The van der Waals surface area contributed by atoms with Gasteiger partial charge in [0.15, 0.2) is 0 Å². The summed E-state index contributed by atoms with van der Waals surface area (Å²) in [4.78, 5) is 0. The van der Waals surface area contributed by atoms with Gasteiger partial charge in [0, 0.05) is 28.7 Å². The smallest absolute Gasteiger partial charge is 0.100 e. The standard InChI is InChI=1S/C13H14BrN3O/c14-10-5-8(2-1-7(10)6-15)17-12-11(16)9-3-4-18-13(9)12/h1-2,5,9,11-13,17H,3-4,16H2. The molecule has 4 unspecified atom stereocenters. The SMILES string of the molecule is N#Cc1ccc(NC2C(N)C3CCOC32)cc1Br. The molecule has 5 heteroatoms. The molecule has 0 aromatic heterocycles. The average Bonchev–Trinajstić information content (AvgIpc) is 2.81. The number of hydrogen-bond donors (Lipinski definition) is 2. The molecule has 3 N–H and O–H groups in total. The predicted octanol–water partition coefficient (Wildman–Crippen LogP) is 1.85. The number of rotatable bonds is 2. The lowest BCUT2D eigenvalue weighted by atomic mass is 9.72. The van der Waals surface area contributed by atoms with E-state index in [-0.39, 0.29) is 18.2 Å². The molecular weight excluding hydrogens is 294 g/mol. The van der Waals surface area contributed by atoms with E-state index in [1.165, 1.54) is 0 Å². The predicted molar refractivity (Wildman–Crippen MR) is 72.1 cm³/mol. The maximum Gasteiger partial charge on any atom is 0.100 e. The van der Waals surface area contributed by atoms with Crippen molar-refractivity contribution in [2.45, 2.75) is 24.6 Å². The van der Waals surface area contributed by atoms with E-state index >= 15 is 0 Å². The highest BCUT2D eigenvalue weighted by atomic mass is 79.9. The van der Waals surface area contributed by atoms with Crippen LogP contribution in [0.25, 0.3) is 0 Å². The Hall–Kier alpha value is -1.09. The number of halogens is 1. The highest BCUT2D eigenvalue weighted by Crippen LogP contribution is 2.39. The molecule has 1 aliphatic carbocycles. The van der Waals surface area contributed by atoms with Crippen LogP contribution in [0.4, 0.5) is 5.69 Å². The Bertz CT molecular complexity index is 513. The molecule has 3 rings (SSSR count). The Labute approximate surface area is 114 Å². The van der Waals surface area contributed by atoms with Crippen LogP contribution in [0.15, 0.2) is 22.7 Å². The third kappa shape index (κ3) is 1.81. The van der Waals surface area contributed by atoms with Crippen LogP contribution in [0.2, 0.25) is 0 Å². The van der Waals surface area contributed by atoms with Crippen LogP contribution in [0.1, 0.15) is 12.0 Å². The highest BCUT2D eigenvalue weighted by Gasteiger charge is 2.52. The summed E-state index contributed by atoms with van der Waals surface area (Å²) in [6.07, 6.45) is 1.32. The van der Waals surface area contributed by atoms with Crippen molar-refractivity contribution in [3.63, 3.8) is 0 Å². The largest absolute Gasteiger partial charge is 0.378 e. The van der Waals surface area contributed by atoms with Gasteiger partial charge in [-0.2, -0.15) is 5.26 Å². The summed E-state index contributed by atoms with van der Waals surface area (Å²) >= 11 is 3.38. The van der Waals surface area contributed by atoms with Gasteiger partial charge in [-0.3, -0.25) is 0 Å². The molecule has 0 amide bonds. The minimum absolute atomic E-state index is 0.159. The Morgan fingerprint density at radius 3 is 3.06 bits per heavy atom. The normalized spacial score (nSPS) is 33.4. The molecule has 0 radical (unpaired) electrons. The van der Waals surface area contributed by atoms with Crippen molar-refractivity contribution >= 4 is 21.6 Å². The van der Waals surface area contributed by atoms with Gasteiger partial charge >= 0.3 is 0 Å². The fourth-order valence-electron chi connectivity index (χ4n) is 2.82. The van der Waals surface area contributed by atoms with Gasteiger partial charge in [0.05, 0.1) is 17.7 Å². The van der Waals surface area contributed by atoms with Gasteiger partial charge in [-0.05, 0) is 40.5 Å². The number of nitrogens with two attached hydrogens (primary N) is 1. The molecule has 18 heavy (non-hydrogen) atoms. The van der Waals surface area contributed by atoms with Crippen molar-refractivity contribution < 1.29 is 4.74 Å². The Morgan fingerprint density at radius 1 is 1.50 bits per heavy atom. The van der Waals surface area contributed by atoms with Gasteiger partial charge in [0.2, 0.25) is 0 Å². The maximum atomic E-state index is 8.87. The van der Waals surface area contributed by atoms with E-state index in [1.54, 1.807) is 6.07 Å². The van der Waals surface area contributed by atoms with Gasteiger partial charge in [-0.25, -0.2) is 0 Å². The third-order valence-corrected chi connectivity index (χ3v) is 4.53. The monoisotopic (exact) mass is 307 g/mol. The van der Waals surface area contributed by atoms with Gasteiger partial charge in [-0.1, -0.05) is 0 Å². The summed E-state index contributed by atoms with van der Waals surface area (Å²) in [6.45, 7) is 0.818. The second-order valence-corrected chi connectivity index (χ2v) is 5.70. The van der Waals surface area contributed by atoms with Crippen LogP contribution in [-0.2, 0) is 4.74 Å². The lowest BCUT2D eigenvalue weighted by Crippen LogP contribution is -2.65. The number of benzene rings is 1. The molecule has 94 valence electrons. The van der Waals surface area contributed by atoms with Crippen molar-refractivity contribution in [3.8, 4) is 6.07 Å². The van der Waals surface area contributed by atoms with Gasteiger partial charge in [0.1, 0.15) is 6.07 Å². The Kier molecular flexibility index (Phi) is 3.02. The first kappa shape index (κ1) is 12.0. The summed E-state index contributed by atoms with van der Waals surface area (Å²) in [5.41, 5.74) is 7.74.